The molecular formula is C28H43NO10. The highest BCUT2D eigenvalue weighted by Gasteiger charge is 2.36. The van der Waals surface area contributed by atoms with Crippen LogP contribution in [0.2, 0.25) is 0 Å². The summed E-state index contributed by atoms with van der Waals surface area (Å²) in [4.78, 5) is 49.4. The van der Waals surface area contributed by atoms with Crippen molar-refractivity contribution in [2.45, 2.75) is 91.9 Å². The molecule has 39 heavy (non-hydrogen) atoms. The van der Waals surface area contributed by atoms with Gasteiger partial charge in [0, 0.05) is 12.8 Å². The average molecular weight is 554 g/mol. The van der Waals surface area contributed by atoms with E-state index in [4.69, 9.17) is 34.2 Å². The second-order valence-corrected chi connectivity index (χ2v) is 9.93. The molecule has 220 valence electrons. The van der Waals surface area contributed by atoms with Crippen molar-refractivity contribution in [1.29, 1.82) is 0 Å². The second-order valence-electron chi connectivity index (χ2n) is 9.93. The number of hydrogen-bond acceptors (Lipinski definition) is 11. The van der Waals surface area contributed by atoms with Crippen LogP contribution in [0.4, 0.5) is 9.59 Å². The largest absolute Gasteiger partial charge is 0.514 e. The van der Waals surface area contributed by atoms with Crippen molar-refractivity contribution in [1.82, 2.24) is 0 Å². The molecule has 1 rings (SSSR count). The molecule has 2 N–H and O–H groups in total. The molecule has 0 saturated heterocycles. The normalized spacial score (nSPS) is 14.8. The predicted molar refractivity (Wildman–Crippen MR) is 142 cm³/mol. The van der Waals surface area contributed by atoms with Gasteiger partial charge in [0.2, 0.25) is 0 Å². The monoisotopic (exact) mass is 553 g/mol. The van der Waals surface area contributed by atoms with Crippen LogP contribution in [0.25, 0.3) is 0 Å². The van der Waals surface area contributed by atoms with E-state index in [1.807, 2.05) is 27.7 Å². The van der Waals surface area contributed by atoms with Crippen molar-refractivity contribution in [3.8, 4) is 11.5 Å². The zero-order valence-electron chi connectivity index (χ0n) is 24.2. The van der Waals surface area contributed by atoms with Crippen molar-refractivity contribution >= 4 is 24.2 Å². The third-order valence-corrected chi connectivity index (χ3v) is 6.42. The average Bonchev–Trinajstić information content (AvgIpc) is 2.88. The highest BCUT2D eigenvalue weighted by molar-refractivity contribution is 5.81. The van der Waals surface area contributed by atoms with E-state index in [9.17, 15) is 19.2 Å². The fourth-order valence-electron chi connectivity index (χ4n) is 3.12. The minimum absolute atomic E-state index is 0.0258. The molecule has 11 nitrogen and oxygen atoms in total. The molecule has 0 aliphatic heterocycles. The van der Waals surface area contributed by atoms with Crippen molar-refractivity contribution in [2.75, 3.05) is 13.7 Å². The second kappa shape index (κ2) is 15.9. The van der Waals surface area contributed by atoms with Crippen LogP contribution in [0.15, 0.2) is 18.2 Å². The molecule has 0 amide bonds. The molecule has 0 heterocycles. The fraction of sp³-hybridized carbons (Fsp3) is 0.643. The van der Waals surface area contributed by atoms with Gasteiger partial charge in [-0.3, -0.25) is 9.59 Å². The summed E-state index contributed by atoms with van der Waals surface area (Å²) in [7, 11) is 1.20. The van der Waals surface area contributed by atoms with Gasteiger partial charge in [0.05, 0.1) is 19.6 Å². The van der Waals surface area contributed by atoms with E-state index < -0.39 is 35.9 Å². The Hall–Kier alpha value is -3.34. The van der Waals surface area contributed by atoms with E-state index in [0.29, 0.717) is 18.4 Å². The van der Waals surface area contributed by atoms with E-state index in [-0.39, 0.29) is 48.9 Å². The fourth-order valence-corrected chi connectivity index (χ4v) is 3.12. The lowest BCUT2D eigenvalue weighted by molar-refractivity contribution is -0.153. The van der Waals surface area contributed by atoms with Crippen LogP contribution < -0.4 is 15.2 Å². The molecule has 1 aromatic carbocycles. The number of hydrogen-bond donors (Lipinski definition) is 1. The van der Waals surface area contributed by atoms with Gasteiger partial charge in [-0.2, -0.15) is 0 Å². The van der Waals surface area contributed by atoms with E-state index in [1.54, 1.807) is 26.8 Å². The Morgan fingerprint density at radius 2 is 1.41 bits per heavy atom. The van der Waals surface area contributed by atoms with Crippen LogP contribution in [0.1, 0.15) is 73.3 Å². The van der Waals surface area contributed by atoms with Gasteiger partial charge in [-0.15, -0.1) is 0 Å². The molecule has 0 spiro atoms. The van der Waals surface area contributed by atoms with Crippen LogP contribution in [0.5, 0.6) is 11.5 Å². The summed E-state index contributed by atoms with van der Waals surface area (Å²) in [5.41, 5.74) is 5.32. The zero-order valence-corrected chi connectivity index (χ0v) is 24.2. The van der Waals surface area contributed by atoms with Crippen molar-refractivity contribution in [2.24, 2.45) is 17.6 Å². The first-order valence-electron chi connectivity index (χ1n) is 13.2. The first kappa shape index (κ1) is 33.7. The van der Waals surface area contributed by atoms with Crippen LogP contribution in [-0.2, 0) is 35.0 Å². The lowest BCUT2D eigenvalue weighted by Crippen LogP contribution is -2.51. The minimum Gasteiger partial charge on any atom is -0.468 e. The Labute approximate surface area is 230 Å². The third kappa shape index (κ3) is 11.1. The Kier molecular flexibility index (Phi) is 13.8. The molecule has 0 bridgehead atoms. The summed E-state index contributed by atoms with van der Waals surface area (Å²) < 4.78 is 31.2. The number of nitrogens with two attached hydrogens (primary N) is 1. The van der Waals surface area contributed by atoms with Gasteiger partial charge in [-0.05, 0) is 50.3 Å². The summed E-state index contributed by atoms with van der Waals surface area (Å²) in [6, 6.07) is 4.35. The van der Waals surface area contributed by atoms with Gasteiger partial charge in [0.1, 0.15) is 17.7 Å². The molecule has 0 fully saturated rings. The van der Waals surface area contributed by atoms with Gasteiger partial charge < -0.3 is 34.2 Å². The third-order valence-electron chi connectivity index (χ3n) is 6.42. The Morgan fingerprint density at radius 1 is 0.872 bits per heavy atom. The smallest absolute Gasteiger partial charge is 0.468 e. The van der Waals surface area contributed by atoms with Crippen LogP contribution in [0, 0.1) is 11.8 Å². The maximum absolute atomic E-state index is 12.6. The molecule has 1 aromatic rings. The van der Waals surface area contributed by atoms with E-state index >= 15 is 0 Å². The summed E-state index contributed by atoms with van der Waals surface area (Å²) >= 11 is 0. The molecule has 2 unspecified atom stereocenters. The van der Waals surface area contributed by atoms with Crippen molar-refractivity contribution < 1.29 is 47.6 Å². The quantitative estimate of drug-likeness (QED) is 0.189. The highest BCUT2D eigenvalue weighted by atomic mass is 16.7. The van der Waals surface area contributed by atoms with E-state index in [1.165, 1.54) is 19.2 Å². The first-order valence-corrected chi connectivity index (χ1v) is 13.2. The predicted octanol–water partition coefficient (Wildman–Crippen LogP) is 4.95. The molecule has 0 aromatic heterocycles. The van der Waals surface area contributed by atoms with Gasteiger partial charge >= 0.3 is 24.2 Å². The minimum atomic E-state index is -1.57. The van der Waals surface area contributed by atoms with Gasteiger partial charge in [0.15, 0.2) is 11.5 Å². The molecule has 11 heteroatoms. The van der Waals surface area contributed by atoms with Crippen molar-refractivity contribution in [3.05, 3.63) is 23.8 Å². The number of ether oxygens (including phenoxy) is 6. The number of methoxy groups -OCH3 is 1. The lowest BCUT2D eigenvalue weighted by Gasteiger charge is -2.27. The number of carbonyl (C=O) groups excluding carboxylic acids is 4. The molecule has 0 aliphatic rings. The van der Waals surface area contributed by atoms with E-state index in [2.05, 4.69) is 0 Å². The molecule has 0 aliphatic carbocycles. The molecule has 4 atom stereocenters. The Bertz CT molecular complexity index is 979. The van der Waals surface area contributed by atoms with Gasteiger partial charge in [-0.1, -0.05) is 40.7 Å². The summed E-state index contributed by atoms with van der Waals surface area (Å²) in [5, 5.41) is 0. The summed E-state index contributed by atoms with van der Waals surface area (Å²) in [6.45, 7) is 12.6. The lowest BCUT2D eigenvalue weighted by atomic mass is 9.88. The Morgan fingerprint density at radius 3 is 1.90 bits per heavy atom. The van der Waals surface area contributed by atoms with Gasteiger partial charge in [-0.25, -0.2) is 9.59 Å². The highest BCUT2D eigenvalue weighted by Crippen LogP contribution is 2.31. The SMILES string of the molecule is CCC(C)OC(=O)Oc1cc(C[C@](N)(CCOC(=O)C(C)C(C)C)C(=O)OC)ccc1OC(=O)O[C@@H](C)CC. The summed E-state index contributed by atoms with van der Waals surface area (Å²) in [6.07, 6.45) is -1.71. The number of benzene rings is 1. The topological polar surface area (TPSA) is 150 Å². The zero-order chi connectivity index (χ0) is 29.8. The van der Waals surface area contributed by atoms with Crippen LogP contribution in [-0.4, -0.2) is 55.7 Å². The number of esters is 2. The molecule has 0 radical (unpaired) electrons. The van der Waals surface area contributed by atoms with Crippen LogP contribution in [0.3, 0.4) is 0 Å². The molecular weight excluding hydrogens is 510 g/mol. The standard InChI is InChI=1S/C28H43NO10/c1-9-18(5)36-26(32)38-22-12-11-21(15-23(22)39-27(33)37-19(6)10-2)16-28(29,25(31)34-8)13-14-35-24(30)20(7)17(3)4/h11-12,15,17-20H,9-10,13-14,16,29H2,1-8H3/t18-,19?,20?,28+/m0/s1. The number of carbonyl (C=O) groups is 4. The summed E-state index contributed by atoms with van der Waals surface area (Å²) in [5.74, 6) is -1.55. The van der Waals surface area contributed by atoms with Gasteiger partial charge in [0.25, 0.3) is 0 Å². The first-order chi connectivity index (χ1) is 18.3. The molecule has 0 saturated carbocycles. The van der Waals surface area contributed by atoms with Crippen molar-refractivity contribution in [3.63, 3.8) is 0 Å². The van der Waals surface area contributed by atoms with Crippen LogP contribution >= 0.6 is 0 Å². The maximum Gasteiger partial charge on any atom is 0.514 e. The maximum atomic E-state index is 12.6. The van der Waals surface area contributed by atoms with E-state index in [0.717, 1.165) is 0 Å². The Balaban J connectivity index is 3.20. The number of rotatable bonds is 14.